The van der Waals surface area contributed by atoms with Crippen LogP contribution in [-0.4, -0.2) is 11.1 Å². The molecule has 1 N–H and O–H groups in total. The van der Waals surface area contributed by atoms with E-state index < -0.39 is 0 Å². The predicted octanol–water partition coefficient (Wildman–Crippen LogP) is 4.42. The van der Waals surface area contributed by atoms with Gasteiger partial charge in [0.25, 0.3) is 5.91 Å². The monoisotopic (exact) mass is 356 g/mol. The van der Waals surface area contributed by atoms with E-state index in [1.54, 1.807) is 23.5 Å². The highest BCUT2D eigenvalue weighted by molar-refractivity contribution is 7.10. The largest absolute Gasteiger partial charge is 0.489 e. The van der Waals surface area contributed by atoms with Gasteiger partial charge in [-0.15, -0.1) is 11.3 Å². The van der Waals surface area contributed by atoms with Gasteiger partial charge >= 0.3 is 0 Å². The molecule has 0 saturated heterocycles. The number of hydrogen-bond donors (Lipinski definition) is 1. The van der Waals surface area contributed by atoms with Gasteiger partial charge in [0.05, 0.1) is 17.3 Å². The van der Waals surface area contributed by atoms with Crippen LogP contribution in [0.1, 0.15) is 45.2 Å². The Morgan fingerprint density at radius 3 is 2.84 bits per heavy atom. The molecule has 0 aliphatic carbocycles. The first kappa shape index (κ1) is 17.2. The minimum Gasteiger partial charge on any atom is -0.489 e. The summed E-state index contributed by atoms with van der Waals surface area (Å²) in [5, 5.41) is 8.92. The molecule has 1 atom stereocenters. The zero-order valence-electron chi connectivity index (χ0n) is 14.4. The van der Waals surface area contributed by atoms with Crippen molar-refractivity contribution < 1.29 is 14.1 Å². The van der Waals surface area contributed by atoms with Crippen LogP contribution in [-0.2, 0) is 6.61 Å². The van der Waals surface area contributed by atoms with Gasteiger partial charge in [0, 0.05) is 10.4 Å². The second-order valence-electron chi connectivity index (χ2n) is 5.83. The summed E-state index contributed by atoms with van der Waals surface area (Å²) in [6.45, 7) is 6.07. The number of thiophene rings is 1. The van der Waals surface area contributed by atoms with Crippen LogP contribution >= 0.6 is 11.3 Å². The molecule has 2 heterocycles. The lowest BCUT2D eigenvalue weighted by molar-refractivity contribution is 0.0940. The second kappa shape index (κ2) is 7.53. The normalized spacial score (nSPS) is 12.0. The van der Waals surface area contributed by atoms with Crippen molar-refractivity contribution in [1.82, 2.24) is 10.5 Å². The van der Waals surface area contributed by atoms with Gasteiger partial charge in [0.2, 0.25) is 0 Å². The third kappa shape index (κ3) is 4.09. The fourth-order valence-electron chi connectivity index (χ4n) is 2.48. The molecule has 2 aromatic heterocycles. The first-order chi connectivity index (χ1) is 12.0. The van der Waals surface area contributed by atoms with Crippen molar-refractivity contribution in [3.63, 3.8) is 0 Å². The molecule has 3 rings (SSSR count). The lowest BCUT2D eigenvalue weighted by Gasteiger charge is -2.13. The summed E-state index contributed by atoms with van der Waals surface area (Å²) >= 11 is 1.63. The Balaban J connectivity index is 1.65. The lowest BCUT2D eigenvalue weighted by atomic mass is 10.1. The van der Waals surface area contributed by atoms with Gasteiger partial charge in [-0.25, -0.2) is 0 Å². The average molecular weight is 356 g/mol. The van der Waals surface area contributed by atoms with Gasteiger partial charge in [0.15, 0.2) is 0 Å². The van der Waals surface area contributed by atoms with Crippen molar-refractivity contribution in [3.05, 3.63) is 69.2 Å². The van der Waals surface area contributed by atoms with Crippen molar-refractivity contribution in [2.45, 2.75) is 33.4 Å². The van der Waals surface area contributed by atoms with Crippen molar-refractivity contribution in [2.75, 3.05) is 0 Å². The van der Waals surface area contributed by atoms with Gasteiger partial charge in [-0.1, -0.05) is 17.3 Å². The molecule has 0 aliphatic rings. The molecule has 25 heavy (non-hydrogen) atoms. The average Bonchev–Trinajstić information content (AvgIpc) is 3.24. The summed E-state index contributed by atoms with van der Waals surface area (Å²) in [4.78, 5) is 13.6. The summed E-state index contributed by atoms with van der Waals surface area (Å²) in [5.41, 5.74) is 2.32. The van der Waals surface area contributed by atoms with E-state index in [9.17, 15) is 4.79 Å². The Hall–Kier alpha value is -2.60. The van der Waals surface area contributed by atoms with Crippen LogP contribution in [0.3, 0.4) is 0 Å². The molecule has 3 aromatic rings. The summed E-state index contributed by atoms with van der Waals surface area (Å²) < 4.78 is 10.9. The van der Waals surface area contributed by atoms with Crippen molar-refractivity contribution >= 4 is 17.2 Å². The van der Waals surface area contributed by atoms with E-state index in [1.807, 2.05) is 50.4 Å². The Labute approximate surface area is 150 Å². The van der Waals surface area contributed by atoms with Gasteiger partial charge in [0.1, 0.15) is 18.1 Å². The van der Waals surface area contributed by atoms with E-state index in [2.05, 4.69) is 10.5 Å². The molecule has 0 unspecified atom stereocenters. The van der Waals surface area contributed by atoms with Crippen LogP contribution in [0.4, 0.5) is 0 Å². The third-order valence-corrected chi connectivity index (χ3v) is 5.03. The molecule has 0 fully saturated rings. The molecule has 0 spiro atoms. The van der Waals surface area contributed by atoms with Crippen LogP contribution in [0.25, 0.3) is 0 Å². The van der Waals surface area contributed by atoms with E-state index in [-0.39, 0.29) is 11.9 Å². The quantitative estimate of drug-likeness (QED) is 0.710. The summed E-state index contributed by atoms with van der Waals surface area (Å²) in [5.74, 6) is 1.26. The van der Waals surface area contributed by atoms with Crippen LogP contribution < -0.4 is 10.1 Å². The summed E-state index contributed by atoms with van der Waals surface area (Å²) in [6, 6.07) is 11.1. The minimum atomic E-state index is -0.122. The van der Waals surface area contributed by atoms with Crippen LogP contribution in [0.2, 0.25) is 0 Å². The standard InChI is InChI=1S/C19H20N2O3S/c1-12-17(14(3)24-21-12)11-23-16-7-4-6-15(10-16)19(22)20-13(2)18-8-5-9-25-18/h4-10,13H,11H2,1-3H3,(H,20,22)/t13-/m1/s1. The Bertz CT molecular complexity index is 836. The molecule has 0 aliphatic heterocycles. The van der Waals surface area contributed by atoms with E-state index in [0.29, 0.717) is 17.9 Å². The number of aryl methyl sites for hydroxylation is 2. The predicted molar refractivity (Wildman–Crippen MR) is 97.0 cm³/mol. The smallest absolute Gasteiger partial charge is 0.251 e. The maximum absolute atomic E-state index is 12.5. The molecule has 5 nitrogen and oxygen atoms in total. The van der Waals surface area contributed by atoms with Gasteiger partial charge in [-0.05, 0) is 50.4 Å². The topological polar surface area (TPSA) is 64.4 Å². The summed E-state index contributed by atoms with van der Waals surface area (Å²) in [7, 11) is 0. The number of benzene rings is 1. The Morgan fingerprint density at radius 2 is 2.16 bits per heavy atom. The number of nitrogens with zero attached hydrogens (tertiary/aromatic N) is 1. The summed E-state index contributed by atoms with van der Waals surface area (Å²) in [6.07, 6.45) is 0. The van der Waals surface area contributed by atoms with E-state index in [0.717, 1.165) is 21.9 Å². The van der Waals surface area contributed by atoms with E-state index in [1.165, 1.54) is 0 Å². The van der Waals surface area contributed by atoms with Gasteiger partial charge in [-0.3, -0.25) is 4.79 Å². The second-order valence-corrected chi connectivity index (χ2v) is 6.81. The zero-order valence-corrected chi connectivity index (χ0v) is 15.2. The molecule has 0 radical (unpaired) electrons. The molecular formula is C19H20N2O3S. The molecule has 6 heteroatoms. The fraction of sp³-hybridized carbons (Fsp3) is 0.263. The highest BCUT2D eigenvalue weighted by Gasteiger charge is 2.14. The number of aromatic nitrogens is 1. The maximum Gasteiger partial charge on any atom is 0.251 e. The first-order valence-electron chi connectivity index (χ1n) is 8.03. The van der Waals surface area contributed by atoms with E-state index >= 15 is 0 Å². The number of ether oxygens (including phenoxy) is 1. The fourth-order valence-corrected chi connectivity index (χ4v) is 3.21. The first-order valence-corrected chi connectivity index (χ1v) is 8.91. The number of nitrogens with one attached hydrogen (secondary N) is 1. The Kier molecular flexibility index (Phi) is 5.19. The zero-order chi connectivity index (χ0) is 17.8. The number of carbonyl (C=O) groups excluding carboxylic acids is 1. The molecule has 0 bridgehead atoms. The molecule has 1 amide bonds. The highest BCUT2D eigenvalue weighted by atomic mass is 32.1. The van der Waals surface area contributed by atoms with Crippen molar-refractivity contribution in [2.24, 2.45) is 0 Å². The van der Waals surface area contributed by atoms with Crippen LogP contribution in [0, 0.1) is 13.8 Å². The van der Waals surface area contributed by atoms with Crippen molar-refractivity contribution in [1.29, 1.82) is 0 Å². The maximum atomic E-state index is 12.5. The minimum absolute atomic E-state index is 0.0284. The molecule has 0 saturated carbocycles. The van der Waals surface area contributed by atoms with Crippen molar-refractivity contribution in [3.8, 4) is 5.75 Å². The SMILES string of the molecule is Cc1noc(C)c1COc1cccc(C(=O)N[C@H](C)c2cccs2)c1. The number of carbonyl (C=O) groups is 1. The van der Waals surface area contributed by atoms with Gasteiger partial charge in [-0.2, -0.15) is 0 Å². The molecule has 1 aromatic carbocycles. The van der Waals surface area contributed by atoms with Crippen LogP contribution in [0.15, 0.2) is 46.3 Å². The molecule has 130 valence electrons. The Morgan fingerprint density at radius 1 is 1.32 bits per heavy atom. The van der Waals surface area contributed by atoms with Crippen LogP contribution in [0.5, 0.6) is 5.75 Å². The van der Waals surface area contributed by atoms with Gasteiger partial charge < -0.3 is 14.6 Å². The number of amides is 1. The number of rotatable bonds is 6. The lowest BCUT2D eigenvalue weighted by Crippen LogP contribution is -2.26. The van der Waals surface area contributed by atoms with E-state index in [4.69, 9.17) is 9.26 Å². The third-order valence-electron chi connectivity index (χ3n) is 3.98. The number of hydrogen-bond acceptors (Lipinski definition) is 5. The molecular weight excluding hydrogens is 336 g/mol. The highest BCUT2D eigenvalue weighted by Crippen LogP contribution is 2.21.